The summed E-state index contributed by atoms with van der Waals surface area (Å²) in [7, 11) is 0. The summed E-state index contributed by atoms with van der Waals surface area (Å²) in [5, 5.41) is 26.5. The largest absolute Gasteiger partial charge is 0.267 e. The van der Waals surface area contributed by atoms with Crippen molar-refractivity contribution in [1.82, 2.24) is 25.0 Å². The number of benzene rings is 2. The van der Waals surface area contributed by atoms with Crippen molar-refractivity contribution in [1.29, 1.82) is 5.26 Å². The normalized spacial score (nSPS) is 10.6. The van der Waals surface area contributed by atoms with Crippen LogP contribution in [0, 0.1) is 17.1 Å². The second kappa shape index (κ2) is 7.76. The van der Waals surface area contributed by atoms with Crippen molar-refractivity contribution in [3.8, 4) is 23.1 Å². The topological polar surface area (TPSA) is 80.3 Å². The minimum absolute atomic E-state index is 0.205. The van der Waals surface area contributed by atoms with Crippen LogP contribution in [0.25, 0.3) is 17.1 Å². The maximum absolute atomic E-state index is 14.6. The zero-order valence-electron chi connectivity index (χ0n) is 14.1. The van der Waals surface area contributed by atoms with E-state index < -0.39 is 5.82 Å². The van der Waals surface area contributed by atoms with Crippen LogP contribution in [-0.4, -0.2) is 25.0 Å². The van der Waals surface area contributed by atoms with Crippen LogP contribution in [-0.2, 0) is 0 Å². The van der Waals surface area contributed by atoms with Gasteiger partial charge in [0.2, 0.25) is 5.16 Å². The third-order valence-electron chi connectivity index (χ3n) is 3.79. The average Bonchev–Trinajstić information content (AvgIpc) is 3.12. The highest BCUT2D eigenvalue weighted by Crippen LogP contribution is 2.34. The van der Waals surface area contributed by atoms with Crippen LogP contribution in [0.15, 0.2) is 70.8 Å². The molecule has 0 fully saturated rings. The van der Waals surface area contributed by atoms with Gasteiger partial charge in [0.05, 0.1) is 10.7 Å². The monoisotopic (exact) mass is 408 g/mol. The van der Waals surface area contributed by atoms with E-state index in [2.05, 4.69) is 20.4 Å². The van der Waals surface area contributed by atoms with E-state index in [0.717, 1.165) is 11.8 Å². The van der Waals surface area contributed by atoms with Crippen molar-refractivity contribution in [2.45, 2.75) is 10.2 Å². The summed E-state index contributed by atoms with van der Waals surface area (Å²) in [5.41, 5.74) is 1.11. The molecular formula is C19H10ClFN6S. The van der Waals surface area contributed by atoms with Gasteiger partial charge in [-0.05, 0) is 48.2 Å². The lowest BCUT2D eigenvalue weighted by molar-refractivity contribution is 0.613. The van der Waals surface area contributed by atoms with Crippen LogP contribution in [0.1, 0.15) is 5.69 Å². The molecule has 0 bridgehead atoms. The molecule has 0 unspecified atom stereocenters. The molecule has 2 aromatic heterocycles. The van der Waals surface area contributed by atoms with E-state index in [-0.39, 0.29) is 11.4 Å². The van der Waals surface area contributed by atoms with Crippen molar-refractivity contribution in [2.75, 3.05) is 0 Å². The Balaban J connectivity index is 1.86. The number of nitrogens with zero attached hydrogens (tertiary/aromatic N) is 6. The highest BCUT2D eigenvalue weighted by Gasteiger charge is 2.21. The second-order valence-electron chi connectivity index (χ2n) is 5.54. The number of halogens is 2. The van der Waals surface area contributed by atoms with Crippen LogP contribution in [0.3, 0.4) is 0 Å². The summed E-state index contributed by atoms with van der Waals surface area (Å²) < 4.78 is 16.2. The van der Waals surface area contributed by atoms with E-state index in [1.807, 2.05) is 12.1 Å². The van der Waals surface area contributed by atoms with Gasteiger partial charge in [0.15, 0.2) is 11.5 Å². The first kappa shape index (κ1) is 18.1. The molecule has 0 aliphatic heterocycles. The van der Waals surface area contributed by atoms with Gasteiger partial charge in [0.25, 0.3) is 0 Å². The Morgan fingerprint density at radius 3 is 2.43 bits per heavy atom. The minimum Gasteiger partial charge on any atom is -0.267 e. The molecule has 4 rings (SSSR count). The zero-order chi connectivity index (χ0) is 19.5. The Hall–Kier alpha value is -3.28. The Morgan fingerprint density at radius 1 is 0.929 bits per heavy atom. The Morgan fingerprint density at radius 2 is 1.71 bits per heavy atom. The van der Waals surface area contributed by atoms with Crippen LogP contribution < -0.4 is 0 Å². The zero-order valence-corrected chi connectivity index (χ0v) is 15.7. The van der Waals surface area contributed by atoms with E-state index in [9.17, 15) is 4.39 Å². The molecule has 9 heteroatoms. The quantitative estimate of drug-likeness (QED) is 0.493. The number of hydrogen-bond acceptors (Lipinski definition) is 6. The summed E-state index contributed by atoms with van der Waals surface area (Å²) in [6.07, 6.45) is 0. The summed E-state index contributed by atoms with van der Waals surface area (Å²) >= 11 is 7.48. The minimum atomic E-state index is -0.427. The predicted molar refractivity (Wildman–Crippen MR) is 103 cm³/mol. The van der Waals surface area contributed by atoms with Crippen LogP contribution in [0.5, 0.6) is 0 Å². The maximum Gasteiger partial charge on any atom is 0.202 e. The molecule has 0 N–H and O–H groups in total. The second-order valence-corrected chi connectivity index (χ2v) is 6.94. The van der Waals surface area contributed by atoms with Crippen LogP contribution in [0.2, 0.25) is 5.02 Å². The molecule has 0 amide bonds. The number of nitriles is 1. The van der Waals surface area contributed by atoms with Gasteiger partial charge in [-0.3, -0.25) is 4.57 Å². The summed E-state index contributed by atoms with van der Waals surface area (Å²) in [6, 6.07) is 18.6. The van der Waals surface area contributed by atoms with E-state index >= 15 is 0 Å². The fourth-order valence-corrected chi connectivity index (χ4v) is 3.51. The lowest BCUT2D eigenvalue weighted by Gasteiger charge is -2.11. The maximum atomic E-state index is 14.6. The van der Waals surface area contributed by atoms with E-state index in [4.69, 9.17) is 16.9 Å². The standard InChI is InChI=1S/C19H10ClFN6S/c20-14-6-2-1-5-13(14)18-25-26-19(27(18)16-8-4-3-7-15(16)21)28-17-10-9-12(11-22)23-24-17/h1-10H. The van der Waals surface area contributed by atoms with Gasteiger partial charge < -0.3 is 0 Å². The van der Waals surface area contributed by atoms with Crippen molar-refractivity contribution in [2.24, 2.45) is 0 Å². The summed E-state index contributed by atoms with van der Waals surface area (Å²) in [5.74, 6) is -0.0248. The Kier molecular flexibility index (Phi) is 5.02. The van der Waals surface area contributed by atoms with Gasteiger partial charge in [-0.25, -0.2) is 4.39 Å². The fraction of sp³-hybridized carbons (Fsp3) is 0. The van der Waals surface area contributed by atoms with Gasteiger partial charge in [-0.15, -0.1) is 20.4 Å². The number of rotatable bonds is 4. The summed E-state index contributed by atoms with van der Waals surface area (Å²) in [6.45, 7) is 0. The van der Waals surface area contributed by atoms with Gasteiger partial charge in [0.1, 0.15) is 16.9 Å². The molecule has 136 valence electrons. The molecule has 4 aromatic rings. The highest BCUT2D eigenvalue weighted by molar-refractivity contribution is 7.99. The van der Waals surface area contributed by atoms with Crippen molar-refractivity contribution in [3.63, 3.8) is 0 Å². The molecule has 0 saturated heterocycles. The average molecular weight is 409 g/mol. The number of para-hydroxylation sites is 1. The molecule has 0 aliphatic carbocycles. The first-order valence-corrected chi connectivity index (χ1v) is 9.23. The lowest BCUT2D eigenvalue weighted by atomic mass is 10.2. The molecule has 28 heavy (non-hydrogen) atoms. The smallest absolute Gasteiger partial charge is 0.202 e. The first-order valence-electron chi connectivity index (χ1n) is 8.04. The van der Waals surface area contributed by atoms with Crippen LogP contribution >= 0.6 is 23.4 Å². The van der Waals surface area contributed by atoms with E-state index in [1.54, 1.807) is 53.1 Å². The van der Waals surface area contributed by atoms with Gasteiger partial charge >= 0.3 is 0 Å². The first-order chi connectivity index (χ1) is 13.7. The van der Waals surface area contributed by atoms with Gasteiger partial charge in [0, 0.05) is 5.56 Å². The van der Waals surface area contributed by atoms with Crippen LogP contribution in [0.4, 0.5) is 4.39 Å². The highest BCUT2D eigenvalue weighted by atomic mass is 35.5. The Labute approximate surface area is 168 Å². The van der Waals surface area contributed by atoms with Gasteiger partial charge in [-0.1, -0.05) is 35.9 Å². The van der Waals surface area contributed by atoms with E-state index in [1.165, 1.54) is 6.07 Å². The van der Waals surface area contributed by atoms with Crippen molar-refractivity contribution in [3.05, 3.63) is 77.2 Å². The molecule has 0 saturated carbocycles. The summed E-state index contributed by atoms with van der Waals surface area (Å²) in [4.78, 5) is 0. The molecule has 0 atom stereocenters. The SMILES string of the molecule is N#Cc1ccc(Sc2nnc(-c3ccccc3Cl)n2-c2ccccc2F)nn1. The third kappa shape index (κ3) is 3.45. The molecular weight excluding hydrogens is 399 g/mol. The third-order valence-corrected chi connectivity index (χ3v) is 5.00. The molecule has 0 spiro atoms. The molecule has 0 radical (unpaired) electrons. The van der Waals surface area contributed by atoms with E-state index in [0.29, 0.717) is 26.6 Å². The molecule has 6 nitrogen and oxygen atoms in total. The van der Waals surface area contributed by atoms with Crippen molar-refractivity contribution >= 4 is 23.4 Å². The number of aromatic nitrogens is 5. The lowest BCUT2D eigenvalue weighted by Crippen LogP contribution is -2.03. The molecule has 2 aromatic carbocycles. The fourth-order valence-electron chi connectivity index (χ4n) is 2.53. The predicted octanol–water partition coefficient (Wildman–Crippen LogP) is 4.54. The Bertz CT molecular complexity index is 1190. The molecule has 0 aliphatic rings. The van der Waals surface area contributed by atoms with Crippen molar-refractivity contribution < 1.29 is 4.39 Å². The number of hydrogen-bond donors (Lipinski definition) is 0. The molecule has 2 heterocycles. The van der Waals surface area contributed by atoms with Gasteiger partial charge in [-0.2, -0.15) is 5.26 Å².